The molecule has 66 valence electrons. The Morgan fingerprint density at radius 2 is 1.75 bits per heavy atom. The van der Waals surface area contributed by atoms with Crippen molar-refractivity contribution in [1.29, 1.82) is 0 Å². The summed E-state index contributed by atoms with van der Waals surface area (Å²) in [6.07, 6.45) is 4.77. The average Bonchev–Trinajstić information content (AvgIpc) is 2.04. The molecule has 0 heterocycles. The fourth-order valence-corrected chi connectivity index (χ4v) is 1.54. The number of carboxylic acid groups (broad SMARTS) is 1. The van der Waals surface area contributed by atoms with Gasteiger partial charge in [0.25, 0.3) is 0 Å². The first-order chi connectivity index (χ1) is 5.63. The van der Waals surface area contributed by atoms with E-state index >= 15 is 0 Å². The molecule has 0 saturated heterocycles. The molecular formula is C9H12O3. The number of carbonyl (C=O) groups excluding carboxylic acids is 1. The minimum atomic E-state index is -0.862. The Morgan fingerprint density at radius 1 is 1.25 bits per heavy atom. The molecule has 1 aliphatic rings. The molecule has 0 spiro atoms. The molecule has 3 heteroatoms. The van der Waals surface area contributed by atoms with Gasteiger partial charge >= 0.3 is 5.97 Å². The van der Waals surface area contributed by atoms with Crippen molar-refractivity contribution < 1.29 is 14.7 Å². The summed E-state index contributed by atoms with van der Waals surface area (Å²) in [4.78, 5) is 21.7. The molecule has 0 fully saturated rings. The van der Waals surface area contributed by atoms with E-state index in [2.05, 4.69) is 0 Å². The van der Waals surface area contributed by atoms with Crippen LogP contribution in [0.2, 0.25) is 0 Å². The molecule has 0 aromatic carbocycles. The van der Waals surface area contributed by atoms with Crippen LogP contribution in [0, 0.1) is 11.8 Å². The van der Waals surface area contributed by atoms with Gasteiger partial charge in [-0.1, -0.05) is 12.2 Å². The van der Waals surface area contributed by atoms with E-state index in [0.29, 0.717) is 12.8 Å². The van der Waals surface area contributed by atoms with Gasteiger partial charge in [0.15, 0.2) is 0 Å². The van der Waals surface area contributed by atoms with Crippen molar-refractivity contribution in [3.63, 3.8) is 0 Å². The first-order valence-corrected chi connectivity index (χ1v) is 4.01. The Labute approximate surface area is 71.1 Å². The van der Waals surface area contributed by atoms with Gasteiger partial charge in [0.05, 0.1) is 5.92 Å². The number of hydrogen-bond acceptors (Lipinski definition) is 2. The zero-order valence-electron chi connectivity index (χ0n) is 6.99. The minimum Gasteiger partial charge on any atom is -0.481 e. The van der Waals surface area contributed by atoms with Gasteiger partial charge in [0.1, 0.15) is 5.78 Å². The lowest BCUT2D eigenvalue weighted by molar-refractivity contribution is -0.146. The first kappa shape index (κ1) is 8.97. The van der Waals surface area contributed by atoms with Gasteiger partial charge in [0, 0.05) is 5.92 Å². The lowest BCUT2D eigenvalue weighted by Gasteiger charge is -2.22. The maximum atomic E-state index is 11.0. The monoisotopic (exact) mass is 168 g/mol. The number of rotatable bonds is 2. The van der Waals surface area contributed by atoms with Crippen molar-refractivity contribution >= 4 is 11.8 Å². The summed E-state index contributed by atoms with van der Waals surface area (Å²) >= 11 is 0. The van der Waals surface area contributed by atoms with E-state index < -0.39 is 11.9 Å². The van der Waals surface area contributed by atoms with E-state index in [1.165, 1.54) is 6.92 Å². The molecule has 1 rings (SSSR count). The number of carboxylic acids is 1. The number of aliphatic carboxylic acids is 1. The highest BCUT2D eigenvalue weighted by atomic mass is 16.4. The number of carbonyl (C=O) groups is 2. The van der Waals surface area contributed by atoms with E-state index in [9.17, 15) is 9.59 Å². The molecule has 0 amide bonds. The van der Waals surface area contributed by atoms with Crippen molar-refractivity contribution in [3.8, 4) is 0 Å². The fourth-order valence-electron chi connectivity index (χ4n) is 1.54. The Hall–Kier alpha value is -1.12. The molecule has 0 aromatic heterocycles. The Morgan fingerprint density at radius 3 is 2.08 bits per heavy atom. The molecule has 1 aliphatic carbocycles. The third-order valence-electron chi connectivity index (χ3n) is 2.27. The van der Waals surface area contributed by atoms with Crippen molar-refractivity contribution in [1.82, 2.24) is 0 Å². The summed E-state index contributed by atoms with van der Waals surface area (Å²) in [5.41, 5.74) is 0. The van der Waals surface area contributed by atoms with Crippen LogP contribution in [0.15, 0.2) is 12.2 Å². The van der Waals surface area contributed by atoms with Crippen molar-refractivity contribution in [2.45, 2.75) is 19.8 Å². The predicted molar refractivity (Wildman–Crippen MR) is 43.7 cm³/mol. The standard InChI is InChI=1S/C9H12O3/c1-6(10)7-4-2-3-5-8(7)9(11)12/h2-3,7-8H,4-5H2,1H3,(H,11,12)/t7-,8+/m1/s1. The molecule has 0 aromatic rings. The third-order valence-corrected chi connectivity index (χ3v) is 2.27. The molecule has 1 N–H and O–H groups in total. The Balaban J connectivity index is 2.76. The highest BCUT2D eigenvalue weighted by Gasteiger charge is 2.31. The minimum absolute atomic E-state index is 0.0215. The van der Waals surface area contributed by atoms with Crippen LogP contribution in [-0.2, 0) is 9.59 Å². The van der Waals surface area contributed by atoms with Gasteiger partial charge in [-0.3, -0.25) is 9.59 Å². The second-order valence-corrected chi connectivity index (χ2v) is 3.10. The van der Waals surface area contributed by atoms with E-state index in [1.807, 2.05) is 12.2 Å². The van der Waals surface area contributed by atoms with E-state index in [-0.39, 0.29) is 11.7 Å². The third kappa shape index (κ3) is 1.72. The molecule has 12 heavy (non-hydrogen) atoms. The van der Waals surface area contributed by atoms with Gasteiger partial charge in [-0.25, -0.2) is 0 Å². The summed E-state index contributed by atoms with van der Waals surface area (Å²) in [7, 11) is 0. The molecule has 2 atom stereocenters. The Bertz CT molecular complexity index is 206. The first-order valence-electron chi connectivity index (χ1n) is 4.01. The van der Waals surface area contributed by atoms with Crippen LogP contribution in [0.4, 0.5) is 0 Å². The summed E-state index contributed by atoms with van der Waals surface area (Å²) in [5.74, 6) is -1.70. The topological polar surface area (TPSA) is 54.4 Å². The van der Waals surface area contributed by atoms with Crippen LogP contribution in [0.25, 0.3) is 0 Å². The van der Waals surface area contributed by atoms with Crippen molar-refractivity contribution in [2.24, 2.45) is 11.8 Å². The predicted octanol–water partition coefficient (Wildman–Crippen LogP) is 1.24. The largest absolute Gasteiger partial charge is 0.481 e. The maximum absolute atomic E-state index is 11.0. The average molecular weight is 168 g/mol. The zero-order chi connectivity index (χ0) is 9.14. The zero-order valence-corrected chi connectivity index (χ0v) is 6.99. The SMILES string of the molecule is CC(=O)[C@H]1CC=CC[C@@H]1C(=O)O. The smallest absolute Gasteiger partial charge is 0.307 e. The number of Topliss-reactive ketones (excluding diaryl/α,β-unsaturated/α-hetero) is 1. The molecular weight excluding hydrogens is 156 g/mol. The van der Waals surface area contributed by atoms with Crippen LogP contribution in [-0.4, -0.2) is 16.9 Å². The van der Waals surface area contributed by atoms with Crippen LogP contribution < -0.4 is 0 Å². The molecule has 0 aliphatic heterocycles. The fraction of sp³-hybridized carbons (Fsp3) is 0.556. The van der Waals surface area contributed by atoms with E-state index in [4.69, 9.17) is 5.11 Å². The normalized spacial score (nSPS) is 28.4. The lowest BCUT2D eigenvalue weighted by atomic mass is 9.81. The van der Waals surface area contributed by atoms with Gasteiger partial charge < -0.3 is 5.11 Å². The second-order valence-electron chi connectivity index (χ2n) is 3.10. The van der Waals surface area contributed by atoms with Crippen molar-refractivity contribution in [3.05, 3.63) is 12.2 Å². The van der Waals surface area contributed by atoms with E-state index in [0.717, 1.165) is 0 Å². The van der Waals surface area contributed by atoms with Gasteiger partial charge in [-0.05, 0) is 19.8 Å². The molecule has 0 unspecified atom stereocenters. The molecule has 0 bridgehead atoms. The van der Waals surface area contributed by atoms with Crippen LogP contribution in [0.1, 0.15) is 19.8 Å². The highest BCUT2D eigenvalue weighted by Crippen LogP contribution is 2.26. The van der Waals surface area contributed by atoms with Crippen LogP contribution >= 0.6 is 0 Å². The van der Waals surface area contributed by atoms with Crippen molar-refractivity contribution in [2.75, 3.05) is 0 Å². The highest BCUT2D eigenvalue weighted by molar-refractivity contribution is 5.85. The lowest BCUT2D eigenvalue weighted by Crippen LogP contribution is -2.29. The molecule has 0 radical (unpaired) electrons. The maximum Gasteiger partial charge on any atom is 0.307 e. The van der Waals surface area contributed by atoms with E-state index in [1.54, 1.807) is 0 Å². The number of hydrogen-bond donors (Lipinski definition) is 1. The number of allylic oxidation sites excluding steroid dienone is 2. The summed E-state index contributed by atoms with van der Waals surface area (Å²) in [5, 5.41) is 8.77. The summed E-state index contributed by atoms with van der Waals surface area (Å²) in [6.45, 7) is 1.46. The summed E-state index contributed by atoms with van der Waals surface area (Å²) < 4.78 is 0. The number of ketones is 1. The molecule has 3 nitrogen and oxygen atoms in total. The van der Waals surface area contributed by atoms with Crippen LogP contribution in [0.3, 0.4) is 0 Å². The quantitative estimate of drug-likeness (QED) is 0.631. The second kappa shape index (κ2) is 3.52. The van der Waals surface area contributed by atoms with Gasteiger partial charge in [0.2, 0.25) is 0 Å². The van der Waals surface area contributed by atoms with Gasteiger partial charge in [-0.15, -0.1) is 0 Å². The van der Waals surface area contributed by atoms with Crippen LogP contribution in [0.5, 0.6) is 0 Å². The van der Waals surface area contributed by atoms with Gasteiger partial charge in [-0.2, -0.15) is 0 Å². The Kier molecular flexibility index (Phi) is 2.63. The molecule has 0 saturated carbocycles. The summed E-state index contributed by atoms with van der Waals surface area (Å²) in [6, 6.07) is 0.